The van der Waals surface area contributed by atoms with Gasteiger partial charge in [-0.2, -0.15) is 0 Å². The van der Waals surface area contributed by atoms with E-state index in [2.05, 4.69) is 0 Å². The Morgan fingerprint density at radius 1 is 1.39 bits per heavy atom. The summed E-state index contributed by atoms with van der Waals surface area (Å²) in [5.41, 5.74) is -1.13. The van der Waals surface area contributed by atoms with Gasteiger partial charge in [0.15, 0.2) is 0 Å². The summed E-state index contributed by atoms with van der Waals surface area (Å²) < 4.78 is 5.38. The Bertz CT molecular complexity index is 332. The highest BCUT2D eigenvalue weighted by Crippen LogP contribution is 2.42. The highest BCUT2D eigenvalue weighted by molar-refractivity contribution is 6.02. The lowest BCUT2D eigenvalue weighted by atomic mass is 9.67. The van der Waals surface area contributed by atoms with Gasteiger partial charge in [-0.25, -0.2) is 0 Å². The molecule has 1 N–H and O–H groups in total. The van der Waals surface area contributed by atoms with Gasteiger partial charge >= 0.3 is 5.97 Å². The molecular formula is C13H21NO4. The standard InChI is InChI=1S/C13H21NO4/c1-14(8-10-4-2-7-18-9-10)11(15)13(12(16)17)5-3-6-13/h10H,2-9H2,1H3,(H,16,17). The number of carboxylic acid groups (broad SMARTS) is 1. The van der Waals surface area contributed by atoms with Gasteiger partial charge in [0, 0.05) is 20.2 Å². The molecule has 0 spiro atoms. The monoisotopic (exact) mass is 255 g/mol. The Morgan fingerprint density at radius 2 is 2.11 bits per heavy atom. The van der Waals surface area contributed by atoms with Gasteiger partial charge in [0.1, 0.15) is 5.41 Å². The number of amides is 1. The van der Waals surface area contributed by atoms with Gasteiger partial charge in [0.05, 0.1) is 6.61 Å². The average molecular weight is 255 g/mol. The number of hydrogen-bond acceptors (Lipinski definition) is 3. The van der Waals surface area contributed by atoms with E-state index in [-0.39, 0.29) is 5.91 Å². The van der Waals surface area contributed by atoms with Crippen LogP contribution < -0.4 is 0 Å². The van der Waals surface area contributed by atoms with Crippen LogP contribution >= 0.6 is 0 Å². The topological polar surface area (TPSA) is 66.8 Å². The van der Waals surface area contributed by atoms with E-state index in [0.29, 0.717) is 31.9 Å². The second kappa shape index (κ2) is 5.26. The summed E-state index contributed by atoms with van der Waals surface area (Å²) in [6.45, 7) is 2.08. The Labute approximate surface area is 107 Å². The third kappa shape index (κ3) is 2.36. The first-order valence-corrected chi connectivity index (χ1v) is 6.63. The molecule has 5 heteroatoms. The summed E-state index contributed by atoms with van der Waals surface area (Å²) in [7, 11) is 1.71. The van der Waals surface area contributed by atoms with Crippen LogP contribution in [0.25, 0.3) is 0 Å². The number of rotatable bonds is 4. The molecule has 1 heterocycles. The van der Waals surface area contributed by atoms with E-state index in [1.165, 1.54) is 0 Å². The maximum atomic E-state index is 12.3. The molecule has 102 valence electrons. The first-order chi connectivity index (χ1) is 8.56. The number of carboxylic acids is 1. The van der Waals surface area contributed by atoms with E-state index >= 15 is 0 Å². The van der Waals surface area contributed by atoms with Crippen molar-refractivity contribution in [3.8, 4) is 0 Å². The lowest BCUT2D eigenvalue weighted by Gasteiger charge is -2.39. The van der Waals surface area contributed by atoms with Crippen molar-refractivity contribution in [3.05, 3.63) is 0 Å². The van der Waals surface area contributed by atoms with Crippen LogP contribution in [0.2, 0.25) is 0 Å². The number of carbonyl (C=O) groups excluding carboxylic acids is 1. The van der Waals surface area contributed by atoms with Crippen LogP contribution in [0.15, 0.2) is 0 Å². The van der Waals surface area contributed by atoms with Crippen molar-refractivity contribution >= 4 is 11.9 Å². The fourth-order valence-corrected chi connectivity index (χ4v) is 2.84. The average Bonchev–Trinajstić information content (AvgIpc) is 2.28. The molecule has 1 saturated carbocycles. The molecule has 0 aromatic carbocycles. The maximum Gasteiger partial charge on any atom is 0.319 e. The zero-order chi connectivity index (χ0) is 13.2. The van der Waals surface area contributed by atoms with Crippen LogP contribution in [0.4, 0.5) is 0 Å². The van der Waals surface area contributed by atoms with Crippen molar-refractivity contribution in [2.24, 2.45) is 11.3 Å². The first kappa shape index (κ1) is 13.3. The Hall–Kier alpha value is -1.10. The fourth-order valence-electron chi connectivity index (χ4n) is 2.84. The molecule has 0 aromatic heterocycles. The van der Waals surface area contributed by atoms with Crippen LogP contribution in [0.1, 0.15) is 32.1 Å². The Balaban J connectivity index is 1.93. The van der Waals surface area contributed by atoms with E-state index in [0.717, 1.165) is 25.9 Å². The van der Waals surface area contributed by atoms with Gasteiger partial charge < -0.3 is 14.7 Å². The second-order valence-electron chi connectivity index (χ2n) is 5.51. The van der Waals surface area contributed by atoms with Crippen molar-refractivity contribution < 1.29 is 19.4 Å². The van der Waals surface area contributed by atoms with Gasteiger partial charge in [0.2, 0.25) is 5.91 Å². The number of nitrogens with zero attached hydrogens (tertiary/aromatic N) is 1. The molecule has 0 bridgehead atoms. The molecule has 2 aliphatic rings. The highest BCUT2D eigenvalue weighted by Gasteiger charge is 2.52. The summed E-state index contributed by atoms with van der Waals surface area (Å²) in [5, 5.41) is 9.24. The van der Waals surface area contributed by atoms with E-state index in [4.69, 9.17) is 4.74 Å². The van der Waals surface area contributed by atoms with Gasteiger partial charge in [-0.1, -0.05) is 6.42 Å². The first-order valence-electron chi connectivity index (χ1n) is 6.63. The van der Waals surface area contributed by atoms with Crippen molar-refractivity contribution in [1.29, 1.82) is 0 Å². The van der Waals surface area contributed by atoms with Gasteiger partial charge in [-0.15, -0.1) is 0 Å². The minimum absolute atomic E-state index is 0.230. The summed E-state index contributed by atoms with van der Waals surface area (Å²) in [6.07, 6.45) is 3.87. The van der Waals surface area contributed by atoms with Gasteiger partial charge in [0.25, 0.3) is 0 Å². The predicted octanol–water partition coefficient (Wildman–Crippen LogP) is 1.13. The van der Waals surface area contributed by atoms with Crippen LogP contribution in [0.3, 0.4) is 0 Å². The van der Waals surface area contributed by atoms with Crippen LogP contribution in [-0.4, -0.2) is 48.7 Å². The minimum Gasteiger partial charge on any atom is -0.480 e. The minimum atomic E-state index is -1.13. The van der Waals surface area contributed by atoms with Crippen molar-refractivity contribution in [2.75, 3.05) is 26.8 Å². The van der Waals surface area contributed by atoms with Gasteiger partial charge in [-0.05, 0) is 31.6 Å². The molecule has 18 heavy (non-hydrogen) atoms. The second-order valence-corrected chi connectivity index (χ2v) is 5.51. The lowest BCUT2D eigenvalue weighted by molar-refractivity contribution is -0.167. The molecule has 1 atom stereocenters. The van der Waals surface area contributed by atoms with E-state index in [1.807, 2.05) is 0 Å². The third-order valence-electron chi connectivity index (χ3n) is 4.16. The molecule has 1 aliphatic heterocycles. The molecule has 1 aliphatic carbocycles. The number of ether oxygens (including phenoxy) is 1. The predicted molar refractivity (Wildman–Crippen MR) is 65.1 cm³/mol. The van der Waals surface area contributed by atoms with E-state index in [1.54, 1.807) is 11.9 Å². The van der Waals surface area contributed by atoms with Crippen molar-refractivity contribution in [1.82, 2.24) is 4.90 Å². The van der Waals surface area contributed by atoms with E-state index in [9.17, 15) is 14.7 Å². The molecule has 2 rings (SSSR count). The Kier molecular flexibility index (Phi) is 3.90. The SMILES string of the molecule is CN(CC1CCCOC1)C(=O)C1(C(=O)O)CCC1. The molecule has 1 unspecified atom stereocenters. The normalized spacial score (nSPS) is 26.2. The maximum absolute atomic E-state index is 12.3. The number of hydrogen-bond donors (Lipinski definition) is 1. The Morgan fingerprint density at radius 3 is 2.56 bits per heavy atom. The van der Waals surface area contributed by atoms with Crippen LogP contribution in [0, 0.1) is 11.3 Å². The smallest absolute Gasteiger partial charge is 0.319 e. The molecule has 1 saturated heterocycles. The molecule has 2 fully saturated rings. The quantitative estimate of drug-likeness (QED) is 0.765. The molecular weight excluding hydrogens is 234 g/mol. The van der Waals surface area contributed by atoms with Crippen LogP contribution in [0.5, 0.6) is 0 Å². The number of carbonyl (C=O) groups is 2. The number of aliphatic carboxylic acids is 1. The largest absolute Gasteiger partial charge is 0.480 e. The lowest BCUT2D eigenvalue weighted by Crippen LogP contribution is -2.52. The van der Waals surface area contributed by atoms with E-state index < -0.39 is 11.4 Å². The summed E-state index contributed by atoms with van der Waals surface area (Å²) in [5.74, 6) is -0.851. The fraction of sp³-hybridized carbons (Fsp3) is 0.846. The van der Waals surface area contributed by atoms with Gasteiger partial charge in [-0.3, -0.25) is 9.59 Å². The van der Waals surface area contributed by atoms with Crippen molar-refractivity contribution in [2.45, 2.75) is 32.1 Å². The molecule has 0 aromatic rings. The third-order valence-corrected chi connectivity index (χ3v) is 4.16. The zero-order valence-electron chi connectivity index (χ0n) is 10.9. The summed E-state index contributed by atoms with van der Waals surface area (Å²) in [6, 6.07) is 0. The molecule has 0 radical (unpaired) electrons. The summed E-state index contributed by atoms with van der Waals surface area (Å²) in [4.78, 5) is 25.1. The highest BCUT2D eigenvalue weighted by atomic mass is 16.5. The molecule has 5 nitrogen and oxygen atoms in total. The van der Waals surface area contributed by atoms with Crippen LogP contribution in [-0.2, 0) is 14.3 Å². The summed E-state index contributed by atoms with van der Waals surface area (Å²) >= 11 is 0. The van der Waals surface area contributed by atoms with Crippen molar-refractivity contribution in [3.63, 3.8) is 0 Å². The molecule has 1 amide bonds. The zero-order valence-corrected chi connectivity index (χ0v) is 10.9.